The number of allylic oxidation sites excluding steroid dienone is 1. The van der Waals surface area contributed by atoms with Gasteiger partial charge in [0.25, 0.3) is 0 Å². The molecule has 0 aliphatic carbocycles. The molecule has 0 heterocycles. The normalized spacial score (nSPS) is 11.4. The van der Waals surface area contributed by atoms with Crippen LogP contribution in [0.5, 0.6) is 5.75 Å². The highest BCUT2D eigenvalue weighted by atomic mass is 79.9. The number of halogens is 1. The lowest BCUT2D eigenvalue weighted by Gasteiger charge is -1.98. The molecule has 1 N–H and O–H groups in total. The Kier molecular flexibility index (Phi) is 4.98. The molecule has 0 atom stereocenters. The standard InChI is InChI=1S/C11H12BrNO3/c12-7-1-2-10(13(15)16)8-9-3-5-11(14)6-4-9/h3-6,8,14H,1-2,7H2/b10-8+. The first-order valence-electron chi connectivity index (χ1n) is 4.83. The first-order valence-corrected chi connectivity index (χ1v) is 5.95. The lowest BCUT2D eigenvalue weighted by Crippen LogP contribution is -1.98. The summed E-state index contributed by atoms with van der Waals surface area (Å²) in [5, 5.41) is 20.6. The van der Waals surface area contributed by atoms with Crippen molar-refractivity contribution in [3.05, 3.63) is 45.6 Å². The lowest BCUT2D eigenvalue weighted by molar-refractivity contribution is -0.426. The molecule has 0 bridgehead atoms. The number of phenols is 1. The van der Waals surface area contributed by atoms with E-state index >= 15 is 0 Å². The minimum atomic E-state index is -0.366. The van der Waals surface area contributed by atoms with Gasteiger partial charge >= 0.3 is 0 Å². The van der Waals surface area contributed by atoms with E-state index in [1.54, 1.807) is 12.1 Å². The summed E-state index contributed by atoms with van der Waals surface area (Å²) in [6, 6.07) is 6.31. The van der Waals surface area contributed by atoms with Crippen LogP contribution in [-0.2, 0) is 0 Å². The number of nitro groups is 1. The largest absolute Gasteiger partial charge is 0.508 e. The SMILES string of the molecule is O=[N+]([O-])/C(=C/c1ccc(O)cc1)CCCBr. The van der Waals surface area contributed by atoms with Crippen LogP contribution in [0.3, 0.4) is 0 Å². The number of hydrogen-bond donors (Lipinski definition) is 1. The van der Waals surface area contributed by atoms with E-state index in [4.69, 9.17) is 5.11 Å². The zero-order chi connectivity index (χ0) is 12.0. The Morgan fingerprint density at radius 2 is 2.06 bits per heavy atom. The molecule has 86 valence electrons. The van der Waals surface area contributed by atoms with Crippen molar-refractivity contribution in [3.8, 4) is 5.75 Å². The molecule has 0 aliphatic rings. The molecule has 0 saturated heterocycles. The molecule has 0 aromatic heterocycles. The molecular formula is C11H12BrNO3. The van der Waals surface area contributed by atoms with Gasteiger partial charge in [-0.2, -0.15) is 0 Å². The van der Waals surface area contributed by atoms with E-state index in [0.717, 1.165) is 17.3 Å². The van der Waals surface area contributed by atoms with Crippen molar-refractivity contribution in [1.82, 2.24) is 0 Å². The fourth-order valence-corrected chi connectivity index (χ4v) is 1.51. The van der Waals surface area contributed by atoms with Gasteiger partial charge in [-0.15, -0.1) is 0 Å². The van der Waals surface area contributed by atoms with Gasteiger partial charge in [-0.05, 0) is 24.1 Å². The van der Waals surface area contributed by atoms with Crippen LogP contribution < -0.4 is 0 Å². The van der Waals surface area contributed by atoms with Gasteiger partial charge in [0.2, 0.25) is 5.70 Å². The minimum Gasteiger partial charge on any atom is -0.508 e. The second-order valence-corrected chi connectivity index (χ2v) is 4.07. The summed E-state index contributed by atoms with van der Waals surface area (Å²) in [4.78, 5) is 10.4. The maximum Gasteiger partial charge on any atom is 0.246 e. The molecule has 0 radical (unpaired) electrons. The number of aromatic hydroxyl groups is 1. The summed E-state index contributed by atoms with van der Waals surface area (Å²) in [6.45, 7) is 0. The monoisotopic (exact) mass is 285 g/mol. The highest BCUT2D eigenvalue weighted by Gasteiger charge is 2.09. The first-order chi connectivity index (χ1) is 7.63. The number of rotatable bonds is 5. The van der Waals surface area contributed by atoms with Crippen molar-refractivity contribution < 1.29 is 10.0 Å². The van der Waals surface area contributed by atoms with Gasteiger partial charge in [0, 0.05) is 17.8 Å². The molecule has 1 rings (SSSR count). The molecule has 0 unspecified atom stereocenters. The summed E-state index contributed by atoms with van der Waals surface area (Å²) in [5.74, 6) is 0.153. The Balaban J connectivity index is 2.84. The molecule has 16 heavy (non-hydrogen) atoms. The van der Waals surface area contributed by atoms with Crippen LogP contribution in [-0.4, -0.2) is 15.4 Å². The van der Waals surface area contributed by atoms with Crippen molar-refractivity contribution >= 4 is 22.0 Å². The van der Waals surface area contributed by atoms with E-state index < -0.39 is 0 Å². The Morgan fingerprint density at radius 1 is 1.44 bits per heavy atom. The predicted octanol–water partition coefficient (Wildman–Crippen LogP) is 3.18. The van der Waals surface area contributed by atoms with Crippen LogP contribution >= 0.6 is 15.9 Å². The molecule has 4 nitrogen and oxygen atoms in total. The van der Waals surface area contributed by atoms with E-state index in [-0.39, 0.29) is 16.4 Å². The third-order valence-electron chi connectivity index (χ3n) is 2.03. The fourth-order valence-electron chi connectivity index (χ4n) is 1.23. The third kappa shape index (κ3) is 4.02. The van der Waals surface area contributed by atoms with Crippen molar-refractivity contribution in [2.75, 3.05) is 5.33 Å². The minimum absolute atomic E-state index is 0.153. The van der Waals surface area contributed by atoms with Crippen LogP contribution in [0, 0.1) is 10.1 Å². The second-order valence-electron chi connectivity index (χ2n) is 3.28. The number of nitrogens with zero attached hydrogens (tertiary/aromatic N) is 1. The number of alkyl halides is 1. The van der Waals surface area contributed by atoms with E-state index in [0.29, 0.717) is 6.42 Å². The number of phenolic OH excluding ortho intramolecular Hbond substituents is 1. The summed E-state index contributed by atoms with van der Waals surface area (Å²) < 4.78 is 0. The van der Waals surface area contributed by atoms with Crippen molar-refractivity contribution in [2.24, 2.45) is 0 Å². The topological polar surface area (TPSA) is 63.4 Å². The van der Waals surface area contributed by atoms with Gasteiger partial charge in [0.15, 0.2) is 0 Å². The molecule has 0 fully saturated rings. The highest BCUT2D eigenvalue weighted by Crippen LogP contribution is 2.15. The van der Waals surface area contributed by atoms with Crippen LogP contribution in [0.2, 0.25) is 0 Å². The highest BCUT2D eigenvalue weighted by molar-refractivity contribution is 9.09. The summed E-state index contributed by atoms with van der Waals surface area (Å²) in [7, 11) is 0. The maximum absolute atomic E-state index is 10.7. The summed E-state index contributed by atoms with van der Waals surface area (Å²) in [5.41, 5.74) is 0.907. The van der Waals surface area contributed by atoms with Crippen molar-refractivity contribution in [2.45, 2.75) is 12.8 Å². The second kappa shape index (κ2) is 6.27. The van der Waals surface area contributed by atoms with Gasteiger partial charge in [0.05, 0.1) is 4.92 Å². The average Bonchev–Trinajstić information content (AvgIpc) is 2.26. The molecule has 5 heteroatoms. The molecule has 1 aromatic carbocycles. The van der Waals surface area contributed by atoms with Crippen LogP contribution in [0.1, 0.15) is 18.4 Å². The van der Waals surface area contributed by atoms with Gasteiger partial charge in [0.1, 0.15) is 5.75 Å². The van der Waals surface area contributed by atoms with Crippen LogP contribution in [0.25, 0.3) is 6.08 Å². The molecule has 1 aromatic rings. The lowest BCUT2D eigenvalue weighted by atomic mass is 10.1. The van der Waals surface area contributed by atoms with E-state index in [2.05, 4.69) is 15.9 Å². The Labute approximate surface area is 102 Å². The van der Waals surface area contributed by atoms with Crippen LogP contribution in [0.15, 0.2) is 30.0 Å². The zero-order valence-electron chi connectivity index (χ0n) is 8.60. The Hall–Kier alpha value is -1.36. The van der Waals surface area contributed by atoms with E-state index in [9.17, 15) is 10.1 Å². The number of hydrogen-bond acceptors (Lipinski definition) is 3. The smallest absolute Gasteiger partial charge is 0.246 e. The van der Waals surface area contributed by atoms with Gasteiger partial charge < -0.3 is 5.11 Å². The summed E-state index contributed by atoms with van der Waals surface area (Å²) >= 11 is 3.24. The average molecular weight is 286 g/mol. The molecule has 0 saturated carbocycles. The maximum atomic E-state index is 10.7. The summed E-state index contributed by atoms with van der Waals surface area (Å²) in [6.07, 6.45) is 2.69. The van der Waals surface area contributed by atoms with E-state index in [1.807, 2.05) is 0 Å². The molecule has 0 spiro atoms. The van der Waals surface area contributed by atoms with Crippen LogP contribution in [0.4, 0.5) is 0 Å². The fraction of sp³-hybridized carbons (Fsp3) is 0.273. The van der Waals surface area contributed by atoms with Crippen molar-refractivity contribution in [3.63, 3.8) is 0 Å². The Bertz CT molecular complexity index is 387. The number of benzene rings is 1. The van der Waals surface area contributed by atoms with E-state index in [1.165, 1.54) is 18.2 Å². The van der Waals surface area contributed by atoms with Gasteiger partial charge in [-0.25, -0.2) is 0 Å². The van der Waals surface area contributed by atoms with Gasteiger partial charge in [-0.1, -0.05) is 28.1 Å². The predicted molar refractivity (Wildman–Crippen MR) is 66.1 cm³/mol. The molecule has 0 amide bonds. The molecular weight excluding hydrogens is 274 g/mol. The van der Waals surface area contributed by atoms with Gasteiger partial charge in [-0.3, -0.25) is 10.1 Å². The Morgan fingerprint density at radius 3 is 2.56 bits per heavy atom. The quantitative estimate of drug-likeness (QED) is 0.513. The molecule has 0 aliphatic heterocycles. The zero-order valence-corrected chi connectivity index (χ0v) is 10.2. The van der Waals surface area contributed by atoms with Crippen molar-refractivity contribution in [1.29, 1.82) is 0 Å². The first kappa shape index (κ1) is 12.7. The third-order valence-corrected chi connectivity index (χ3v) is 2.59.